The van der Waals surface area contributed by atoms with Gasteiger partial charge in [0.25, 0.3) is 5.91 Å². The largest absolute Gasteiger partial charge is 0.466 e. The van der Waals surface area contributed by atoms with Crippen molar-refractivity contribution in [3.8, 4) is 5.69 Å². The van der Waals surface area contributed by atoms with E-state index in [-0.39, 0.29) is 29.9 Å². The monoisotopic (exact) mass is 451 g/mol. The molecule has 166 valence electrons. The Balaban J connectivity index is 1.83. The summed E-state index contributed by atoms with van der Waals surface area (Å²) >= 11 is 6.33. The second-order valence-corrected chi connectivity index (χ2v) is 6.74. The molecule has 1 aromatic heterocycles. The third-order valence-corrected chi connectivity index (χ3v) is 4.40. The zero-order chi connectivity index (χ0) is 22.8. The molecular weight excluding hydrogens is 429 g/mol. The van der Waals surface area contributed by atoms with Crippen molar-refractivity contribution in [2.45, 2.75) is 26.7 Å². The van der Waals surface area contributed by atoms with Gasteiger partial charge in [0.2, 0.25) is 0 Å². The Morgan fingerprint density at radius 2 is 1.94 bits per heavy atom. The highest BCUT2D eigenvalue weighted by Gasteiger charge is 2.13. The van der Waals surface area contributed by atoms with E-state index in [2.05, 4.69) is 10.4 Å². The third kappa shape index (κ3) is 7.53. The SMILES string of the molecule is CCOC(=O)CCCNC(=O)COC(=O)/C=C/c1c(C)nn(-c2ccc(F)cc2)c1Cl. The smallest absolute Gasteiger partial charge is 0.331 e. The first-order valence-corrected chi connectivity index (χ1v) is 9.97. The second kappa shape index (κ2) is 11.8. The molecule has 8 nitrogen and oxygen atoms in total. The van der Waals surface area contributed by atoms with Crippen LogP contribution in [0, 0.1) is 12.7 Å². The second-order valence-electron chi connectivity index (χ2n) is 6.38. The lowest BCUT2D eigenvalue weighted by Crippen LogP contribution is -2.29. The number of nitrogens with one attached hydrogen (secondary N) is 1. The van der Waals surface area contributed by atoms with E-state index in [1.54, 1.807) is 13.8 Å². The summed E-state index contributed by atoms with van der Waals surface area (Å²) in [5.41, 5.74) is 1.61. The number of amides is 1. The van der Waals surface area contributed by atoms with Crippen molar-refractivity contribution < 1.29 is 28.2 Å². The van der Waals surface area contributed by atoms with Crippen LogP contribution < -0.4 is 5.32 Å². The fraction of sp³-hybridized carbons (Fsp3) is 0.333. The first-order chi connectivity index (χ1) is 14.8. The minimum atomic E-state index is -0.730. The van der Waals surface area contributed by atoms with Gasteiger partial charge in [-0.2, -0.15) is 5.10 Å². The molecule has 0 bridgehead atoms. The van der Waals surface area contributed by atoms with Crippen molar-refractivity contribution >= 4 is 35.5 Å². The van der Waals surface area contributed by atoms with Crippen LogP contribution in [0.3, 0.4) is 0 Å². The van der Waals surface area contributed by atoms with Gasteiger partial charge in [0.05, 0.1) is 18.0 Å². The quantitative estimate of drug-likeness (QED) is 0.338. The number of ether oxygens (including phenoxy) is 2. The molecule has 31 heavy (non-hydrogen) atoms. The lowest BCUT2D eigenvalue weighted by Gasteiger charge is -2.05. The minimum absolute atomic E-state index is 0.197. The highest BCUT2D eigenvalue weighted by atomic mass is 35.5. The Hall–Kier alpha value is -3.20. The Bertz CT molecular complexity index is 957. The van der Waals surface area contributed by atoms with Crippen molar-refractivity contribution in [2.75, 3.05) is 19.8 Å². The van der Waals surface area contributed by atoms with Crippen molar-refractivity contribution in [3.05, 3.63) is 52.6 Å². The molecule has 0 aliphatic rings. The van der Waals surface area contributed by atoms with Gasteiger partial charge in [-0.3, -0.25) is 9.59 Å². The Labute approximate surface area is 184 Å². The van der Waals surface area contributed by atoms with Gasteiger partial charge in [0, 0.05) is 24.6 Å². The summed E-state index contributed by atoms with van der Waals surface area (Å²) in [4.78, 5) is 34.8. The van der Waals surface area contributed by atoms with Crippen LogP contribution >= 0.6 is 11.6 Å². The van der Waals surface area contributed by atoms with E-state index in [0.717, 1.165) is 6.08 Å². The van der Waals surface area contributed by atoms with Crippen molar-refractivity contribution in [2.24, 2.45) is 0 Å². The summed E-state index contributed by atoms with van der Waals surface area (Å²) in [7, 11) is 0. The molecule has 1 aromatic carbocycles. The zero-order valence-electron chi connectivity index (χ0n) is 17.2. The molecular formula is C21H23ClFN3O5. The number of aromatic nitrogens is 2. The van der Waals surface area contributed by atoms with Crippen molar-refractivity contribution in [1.82, 2.24) is 15.1 Å². The molecule has 0 saturated heterocycles. The number of benzene rings is 1. The van der Waals surface area contributed by atoms with E-state index in [4.69, 9.17) is 21.1 Å². The summed E-state index contributed by atoms with van der Waals surface area (Å²) < 4.78 is 24.2. The molecule has 0 fully saturated rings. The predicted molar refractivity (Wildman–Crippen MR) is 112 cm³/mol. The molecule has 0 aliphatic heterocycles. The van der Waals surface area contributed by atoms with Gasteiger partial charge in [-0.05, 0) is 50.6 Å². The Morgan fingerprint density at radius 3 is 2.61 bits per heavy atom. The third-order valence-electron chi connectivity index (χ3n) is 4.04. The highest BCUT2D eigenvalue weighted by Crippen LogP contribution is 2.24. The number of esters is 2. The van der Waals surface area contributed by atoms with Gasteiger partial charge in [0.1, 0.15) is 11.0 Å². The number of hydrogen-bond acceptors (Lipinski definition) is 6. The van der Waals surface area contributed by atoms with E-state index >= 15 is 0 Å². The molecule has 1 amide bonds. The molecule has 0 atom stereocenters. The van der Waals surface area contributed by atoms with Crippen LogP contribution in [0.1, 0.15) is 31.0 Å². The molecule has 0 saturated carbocycles. The molecule has 0 radical (unpaired) electrons. The molecule has 0 spiro atoms. The Kier molecular flexibility index (Phi) is 9.20. The molecule has 2 aromatic rings. The van der Waals surface area contributed by atoms with Gasteiger partial charge >= 0.3 is 11.9 Å². The number of nitrogens with zero attached hydrogens (tertiary/aromatic N) is 2. The fourth-order valence-corrected chi connectivity index (χ4v) is 2.87. The Morgan fingerprint density at radius 1 is 1.23 bits per heavy atom. The van der Waals surface area contributed by atoms with Crippen LogP contribution in [0.2, 0.25) is 5.15 Å². The van der Waals surface area contributed by atoms with Crippen LogP contribution in [-0.4, -0.2) is 47.4 Å². The van der Waals surface area contributed by atoms with Gasteiger partial charge in [-0.25, -0.2) is 13.9 Å². The van der Waals surface area contributed by atoms with E-state index in [1.807, 2.05) is 0 Å². The van der Waals surface area contributed by atoms with Gasteiger partial charge < -0.3 is 14.8 Å². The molecule has 10 heteroatoms. The average Bonchev–Trinajstić information content (AvgIpc) is 3.02. The standard InChI is InChI=1S/C21H23ClFN3O5/c1-3-30-19(28)5-4-12-24-18(27)13-31-20(29)11-10-17-14(2)25-26(21(17)22)16-8-6-15(23)7-9-16/h6-11H,3-5,12-13H2,1-2H3,(H,24,27)/b11-10+. The molecule has 1 heterocycles. The number of aryl methyl sites for hydroxylation is 1. The molecule has 0 unspecified atom stereocenters. The number of halogens is 2. The number of carbonyl (C=O) groups excluding carboxylic acids is 3. The van der Waals surface area contributed by atoms with Crippen LogP contribution in [-0.2, 0) is 23.9 Å². The van der Waals surface area contributed by atoms with E-state index in [9.17, 15) is 18.8 Å². The predicted octanol–water partition coefficient (Wildman–Crippen LogP) is 2.99. The number of rotatable bonds is 10. The van der Waals surface area contributed by atoms with Gasteiger partial charge in [-0.15, -0.1) is 0 Å². The maximum atomic E-state index is 13.1. The van der Waals surface area contributed by atoms with Crippen molar-refractivity contribution in [3.63, 3.8) is 0 Å². The van der Waals surface area contributed by atoms with Gasteiger partial charge in [-0.1, -0.05) is 11.6 Å². The van der Waals surface area contributed by atoms with Crippen LogP contribution in [0.4, 0.5) is 4.39 Å². The summed E-state index contributed by atoms with van der Waals surface area (Å²) in [6, 6.07) is 5.64. The number of hydrogen-bond donors (Lipinski definition) is 1. The summed E-state index contributed by atoms with van der Waals surface area (Å²) in [5, 5.41) is 7.08. The normalized spacial score (nSPS) is 10.8. The topological polar surface area (TPSA) is 99.5 Å². The highest BCUT2D eigenvalue weighted by molar-refractivity contribution is 6.31. The van der Waals surface area contributed by atoms with Crippen LogP contribution in [0.15, 0.2) is 30.3 Å². The average molecular weight is 452 g/mol. The maximum Gasteiger partial charge on any atom is 0.331 e. The molecule has 2 rings (SSSR count). The maximum absolute atomic E-state index is 13.1. The lowest BCUT2D eigenvalue weighted by atomic mass is 10.2. The molecule has 1 N–H and O–H groups in total. The summed E-state index contributed by atoms with van der Waals surface area (Å²) in [5.74, 6) is -1.92. The summed E-state index contributed by atoms with van der Waals surface area (Å²) in [6.45, 7) is 3.55. The van der Waals surface area contributed by atoms with Crippen LogP contribution in [0.5, 0.6) is 0 Å². The number of carbonyl (C=O) groups is 3. The lowest BCUT2D eigenvalue weighted by molar-refractivity contribution is -0.143. The molecule has 0 aliphatic carbocycles. The first kappa shape index (κ1) is 24.1. The zero-order valence-corrected chi connectivity index (χ0v) is 17.9. The van der Waals surface area contributed by atoms with E-state index < -0.39 is 18.5 Å². The van der Waals surface area contributed by atoms with Gasteiger partial charge in [0.15, 0.2) is 6.61 Å². The fourth-order valence-electron chi connectivity index (χ4n) is 2.53. The van der Waals surface area contributed by atoms with Crippen molar-refractivity contribution in [1.29, 1.82) is 0 Å². The first-order valence-electron chi connectivity index (χ1n) is 9.60. The van der Waals surface area contributed by atoms with E-state index in [0.29, 0.717) is 30.0 Å². The van der Waals surface area contributed by atoms with Crippen LogP contribution in [0.25, 0.3) is 11.8 Å². The van der Waals surface area contributed by atoms with E-state index in [1.165, 1.54) is 35.0 Å². The minimum Gasteiger partial charge on any atom is -0.466 e. The summed E-state index contributed by atoms with van der Waals surface area (Å²) in [6.07, 6.45) is 3.19.